The smallest absolute Gasteiger partial charge is 0.253 e. The topological polar surface area (TPSA) is 45.6 Å². The lowest BCUT2D eigenvalue weighted by Gasteiger charge is -2.10. The van der Waals surface area contributed by atoms with Gasteiger partial charge in [0.05, 0.1) is 22.3 Å². The summed E-state index contributed by atoms with van der Waals surface area (Å²) in [5, 5.41) is 7.28. The number of amides is 1. The van der Waals surface area contributed by atoms with E-state index in [-0.39, 0.29) is 12.3 Å². The minimum Gasteiger partial charge on any atom is -0.272 e. The molecule has 4 rings (SSSR count). The van der Waals surface area contributed by atoms with Gasteiger partial charge in [0.25, 0.3) is 5.91 Å². The highest BCUT2D eigenvalue weighted by atomic mass is 35.5. The number of hydrogen-bond acceptors (Lipinski definition) is 4. The van der Waals surface area contributed by atoms with Gasteiger partial charge in [-0.05, 0) is 36.4 Å². The maximum Gasteiger partial charge on any atom is 0.253 e. The predicted octanol–water partition coefficient (Wildman–Crippen LogP) is 4.09. The maximum absolute atomic E-state index is 12.2. The summed E-state index contributed by atoms with van der Waals surface area (Å²) >= 11 is 7.43. The number of fused-ring (bicyclic) bond motifs is 1. The third-order valence-electron chi connectivity index (χ3n) is 3.39. The Morgan fingerprint density at radius 2 is 1.86 bits per heavy atom. The van der Waals surface area contributed by atoms with Crippen LogP contribution in [0, 0.1) is 0 Å². The highest BCUT2D eigenvalue weighted by Gasteiger charge is 2.27. The highest BCUT2D eigenvalue weighted by Crippen LogP contribution is 2.28. The summed E-state index contributed by atoms with van der Waals surface area (Å²) in [7, 11) is 0. The van der Waals surface area contributed by atoms with Crippen LogP contribution in [-0.2, 0) is 4.79 Å². The van der Waals surface area contributed by atoms with Crippen LogP contribution in [-0.4, -0.2) is 16.6 Å². The van der Waals surface area contributed by atoms with Gasteiger partial charge in [-0.2, -0.15) is 5.10 Å². The maximum atomic E-state index is 12.2. The Morgan fingerprint density at radius 3 is 2.64 bits per heavy atom. The van der Waals surface area contributed by atoms with Crippen LogP contribution in [0.2, 0.25) is 5.02 Å². The van der Waals surface area contributed by atoms with E-state index in [0.717, 1.165) is 15.2 Å². The lowest BCUT2D eigenvalue weighted by Crippen LogP contribution is -2.19. The van der Waals surface area contributed by atoms with Crippen molar-refractivity contribution < 1.29 is 4.79 Å². The first-order valence-electron chi connectivity index (χ1n) is 6.73. The molecule has 1 amide bonds. The second-order valence-electron chi connectivity index (χ2n) is 4.89. The van der Waals surface area contributed by atoms with E-state index in [1.807, 2.05) is 24.3 Å². The summed E-state index contributed by atoms with van der Waals surface area (Å²) in [6.07, 6.45) is 0.266. The predicted molar refractivity (Wildman–Crippen MR) is 89.7 cm³/mol. The van der Waals surface area contributed by atoms with Crippen LogP contribution in [0.1, 0.15) is 11.4 Å². The molecule has 1 aromatic heterocycles. The molecular formula is C16H10ClN3OS. The van der Waals surface area contributed by atoms with Gasteiger partial charge in [0.2, 0.25) is 0 Å². The van der Waals surface area contributed by atoms with E-state index < -0.39 is 0 Å². The van der Waals surface area contributed by atoms with E-state index in [4.69, 9.17) is 11.6 Å². The Morgan fingerprint density at radius 1 is 1.09 bits per heavy atom. The molecule has 0 radical (unpaired) electrons. The number of carbonyl (C=O) groups excluding carboxylic acids is 1. The number of thiazole rings is 1. The number of hydrogen-bond donors (Lipinski definition) is 0. The molecule has 6 heteroatoms. The summed E-state index contributed by atoms with van der Waals surface area (Å²) < 4.78 is 1.09. The van der Waals surface area contributed by atoms with Crippen molar-refractivity contribution in [1.29, 1.82) is 0 Å². The monoisotopic (exact) mass is 327 g/mol. The molecule has 0 atom stereocenters. The molecule has 0 N–H and O–H groups in total. The van der Waals surface area contributed by atoms with E-state index in [0.29, 0.717) is 16.4 Å². The number of para-hydroxylation sites is 1. The number of anilines is 1. The van der Waals surface area contributed by atoms with Gasteiger partial charge in [-0.25, -0.2) is 9.99 Å². The van der Waals surface area contributed by atoms with Crippen molar-refractivity contribution in [1.82, 2.24) is 4.98 Å². The van der Waals surface area contributed by atoms with E-state index in [2.05, 4.69) is 10.1 Å². The van der Waals surface area contributed by atoms with Crippen LogP contribution in [0.4, 0.5) is 5.69 Å². The van der Waals surface area contributed by atoms with E-state index in [1.54, 1.807) is 35.6 Å². The molecule has 0 saturated heterocycles. The second kappa shape index (κ2) is 5.19. The first-order valence-corrected chi connectivity index (χ1v) is 7.92. The number of nitrogens with zero attached hydrogens (tertiary/aromatic N) is 3. The van der Waals surface area contributed by atoms with Gasteiger partial charge in [0.15, 0.2) is 0 Å². The summed E-state index contributed by atoms with van der Waals surface area (Å²) in [5.74, 6) is -0.0587. The molecule has 2 aromatic carbocycles. The summed E-state index contributed by atoms with van der Waals surface area (Å²) in [4.78, 5) is 16.8. The van der Waals surface area contributed by atoms with Crippen LogP contribution in [0.25, 0.3) is 10.2 Å². The van der Waals surface area contributed by atoms with Crippen LogP contribution >= 0.6 is 22.9 Å². The van der Waals surface area contributed by atoms with Crippen LogP contribution < -0.4 is 5.01 Å². The Bertz CT molecular complexity index is 868. The number of halogens is 1. The lowest BCUT2D eigenvalue weighted by atomic mass is 10.2. The third-order valence-corrected chi connectivity index (χ3v) is 4.72. The van der Waals surface area contributed by atoms with Gasteiger partial charge < -0.3 is 0 Å². The molecule has 1 aliphatic rings. The normalized spacial score (nSPS) is 14.7. The standard InChI is InChI=1S/C16H10ClN3OS/c17-10-5-7-11(8-6-10)20-15(21)9-13(19-20)16-18-12-3-1-2-4-14(12)22-16/h1-8H,9H2. The Kier molecular flexibility index (Phi) is 3.17. The molecule has 0 spiro atoms. The van der Waals surface area contributed by atoms with Gasteiger partial charge in [-0.3, -0.25) is 4.79 Å². The fourth-order valence-corrected chi connectivity index (χ4v) is 3.40. The van der Waals surface area contributed by atoms with Crippen molar-refractivity contribution in [2.24, 2.45) is 5.10 Å². The quantitative estimate of drug-likeness (QED) is 0.711. The number of benzene rings is 2. The van der Waals surface area contributed by atoms with Crippen molar-refractivity contribution in [3.8, 4) is 0 Å². The van der Waals surface area contributed by atoms with E-state index in [9.17, 15) is 4.79 Å². The zero-order valence-electron chi connectivity index (χ0n) is 11.4. The Balaban J connectivity index is 1.72. The molecule has 4 nitrogen and oxygen atoms in total. The van der Waals surface area contributed by atoms with Gasteiger partial charge in [0.1, 0.15) is 10.7 Å². The van der Waals surface area contributed by atoms with Crippen molar-refractivity contribution in [2.45, 2.75) is 6.42 Å². The van der Waals surface area contributed by atoms with Crippen LogP contribution in [0.5, 0.6) is 0 Å². The van der Waals surface area contributed by atoms with Crippen molar-refractivity contribution >= 4 is 50.5 Å². The van der Waals surface area contributed by atoms with Crippen molar-refractivity contribution in [3.05, 3.63) is 58.6 Å². The summed E-state index contributed by atoms with van der Waals surface area (Å²) in [5.41, 5.74) is 2.36. The number of aromatic nitrogens is 1. The molecule has 2 heterocycles. The number of rotatable bonds is 2. The molecule has 0 aliphatic carbocycles. The van der Waals surface area contributed by atoms with Crippen LogP contribution in [0.15, 0.2) is 53.6 Å². The van der Waals surface area contributed by atoms with Crippen LogP contribution in [0.3, 0.4) is 0 Å². The lowest BCUT2D eigenvalue weighted by molar-refractivity contribution is -0.116. The van der Waals surface area contributed by atoms with Gasteiger partial charge in [-0.1, -0.05) is 23.7 Å². The molecule has 22 heavy (non-hydrogen) atoms. The molecule has 0 unspecified atom stereocenters. The molecule has 0 fully saturated rings. The van der Waals surface area contributed by atoms with Crippen molar-refractivity contribution in [2.75, 3.05) is 5.01 Å². The SMILES string of the molecule is O=C1CC(c2nc3ccccc3s2)=NN1c1ccc(Cl)cc1. The average Bonchev–Trinajstić information content (AvgIpc) is 3.11. The minimum atomic E-state index is -0.0587. The fourth-order valence-electron chi connectivity index (χ4n) is 2.33. The van der Waals surface area contributed by atoms with Gasteiger partial charge in [-0.15, -0.1) is 11.3 Å². The Hall–Kier alpha value is -2.24. The highest BCUT2D eigenvalue weighted by molar-refractivity contribution is 7.20. The third kappa shape index (κ3) is 2.28. The van der Waals surface area contributed by atoms with E-state index >= 15 is 0 Å². The Labute approximate surface area is 135 Å². The zero-order chi connectivity index (χ0) is 15.1. The first kappa shape index (κ1) is 13.4. The number of carbonyl (C=O) groups is 1. The van der Waals surface area contributed by atoms with E-state index in [1.165, 1.54) is 5.01 Å². The van der Waals surface area contributed by atoms with Gasteiger partial charge in [0, 0.05) is 5.02 Å². The minimum absolute atomic E-state index is 0.0587. The average molecular weight is 328 g/mol. The molecule has 1 aliphatic heterocycles. The number of hydrazone groups is 1. The second-order valence-corrected chi connectivity index (χ2v) is 6.36. The fraction of sp³-hybridized carbons (Fsp3) is 0.0625. The first-order chi connectivity index (χ1) is 10.7. The molecule has 3 aromatic rings. The largest absolute Gasteiger partial charge is 0.272 e. The molecule has 0 bridgehead atoms. The zero-order valence-corrected chi connectivity index (χ0v) is 12.9. The molecular weight excluding hydrogens is 318 g/mol. The molecule has 108 valence electrons. The van der Waals surface area contributed by atoms with Crippen molar-refractivity contribution in [3.63, 3.8) is 0 Å². The molecule has 0 saturated carbocycles. The van der Waals surface area contributed by atoms with Gasteiger partial charge >= 0.3 is 0 Å². The summed E-state index contributed by atoms with van der Waals surface area (Å²) in [6.45, 7) is 0. The summed E-state index contributed by atoms with van der Waals surface area (Å²) in [6, 6.07) is 15.0.